The zero-order valence-corrected chi connectivity index (χ0v) is 7.14. The van der Waals surface area contributed by atoms with Crippen LogP contribution < -0.4 is 5.73 Å². The van der Waals surface area contributed by atoms with Crippen LogP contribution in [0.15, 0.2) is 24.7 Å². The number of fused-ring (bicyclic) bond motifs is 1. The van der Waals surface area contributed by atoms with E-state index in [0.29, 0.717) is 10.8 Å². The van der Waals surface area contributed by atoms with Crippen molar-refractivity contribution in [1.82, 2.24) is 9.97 Å². The van der Waals surface area contributed by atoms with E-state index >= 15 is 0 Å². The monoisotopic (exact) mass is 189 g/mol. The number of hydrogen-bond donors (Lipinski definition) is 2. The molecule has 2 aromatic heterocycles. The third kappa shape index (κ3) is 1.15. The van der Waals surface area contributed by atoms with E-state index in [2.05, 4.69) is 9.97 Å². The number of anilines is 1. The fraction of sp³-hybridized carbons (Fsp3) is 0. The maximum atomic E-state index is 10.8. The van der Waals surface area contributed by atoms with Crippen molar-refractivity contribution >= 4 is 22.6 Å². The predicted octanol–water partition coefficient (Wildman–Crippen LogP) is 0.910. The van der Waals surface area contributed by atoms with Gasteiger partial charge >= 0.3 is 5.97 Å². The van der Waals surface area contributed by atoms with E-state index in [4.69, 9.17) is 10.8 Å². The molecule has 0 bridgehead atoms. The number of pyridine rings is 2. The topological polar surface area (TPSA) is 89.1 Å². The number of aromatic carboxylic acids is 1. The average Bonchev–Trinajstić information content (AvgIpc) is 2.18. The highest BCUT2D eigenvalue weighted by molar-refractivity contribution is 6.05. The number of nitrogens with zero attached hydrogens (tertiary/aromatic N) is 2. The summed E-state index contributed by atoms with van der Waals surface area (Å²) in [4.78, 5) is 18.5. The van der Waals surface area contributed by atoms with E-state index in [0.717, 1.165) is 0 Å². The molecule has 0 fully saturated rings. The minimum absolute atomic E-state index is 0.136. The van der Waals surface area contributed by atoms with E-state index in [1.807, 2.05) is 0 Å². The van der Waals surface area contributed by atoms with Gasteiger partial charge in [-0.15, -0.1) is 0 Å². The molecule has 5 nitrogen and oxygen atoms in total. The van der Waals surface area contributed by atoms with E-state index in [1.165, 1.54) is 18.6 Å². The van der Waals surface area contributed by atoms with Crippen molar-refractivity contribution in [1.29, 1.82) is 0 Å². The summed E-state index contributed by atoms with van der Waals surface area (Å²) < 4.78 is 0. The molecule has 0 aliphatic heterocycles. The summed E-state index contributed by atoms with van der Waals surface area (Å²) in [6, 6.07) is 1.61. The van der Waals surface area contributed by atoms with Crippen molar-refractivity contribution in [3.8, 4) is 0 Å². The molecule has 0 aromatic carbocycles. The Balaban J connectivity index is 2.88. The van der Waals surface area contributed by atoms with Crippen molar-refractivity contribution in [2.75, 3.05) is 5.73 Å². The summed E-state index contributed by atoms with van der Waals surface area (Å²) in [6.45, 7) is 0. The maximum absolute atomic E-state index is 10.8. The van der Waals surface area contributed by atoms with Gasteiger partial charge in [0.25, 0.3) is 0 Å². The van der Waals surface area contributed by atoms with Gasteiger partial charge in [0.05, 0.1) is 5.56 Å². The zero-order valence-electron chi connectivity index (χ0n) is 7.14. The second kappa shape index (κ2) is 2.95. The van der Waals surface area contributed by atoms with Gasteiger partial charge < -0.3 is 10.8 Å². The van der Waals surface area contributed by atoms with Crippen LogP contribution in [-0.4, -0.2) is 21.0 Å². The Bertz CT molecular complexity index is 510. The highest BCUT2D eigenvalue weighted by atomic mass is 16.4. The van der Waals surface area contributed by atoms with Crippen LogP contribution in [-0.2, 0) is 0 Å². The van der Waals surface area contributed by atoms with E-state index < -0.39 is 5.97 Å². The molecule has 2 rings (SSSR count). The number of nitrogen functional groups attached to an aromatic ring is 1. The summed E-state index contributed by atoms with van der Waals surface area (Å²) in [5, 5.41) is 9.99. The lowest BCUT2D eigenvalue weighted by Crippen LogP contribution is -2.01. The second-order valence-corrected chi connectivity index (χ2v) is 2.78. The molecule has 0 saturated heterocycles. The smallest absolute Gasteiger partial charge is 0.337 e. The molecule has 14 heavy (non-hydrogen) atoms. The Morgan fingerprint density at radius 1 is 1.36 bits per heavy atom. The molecule has 0 aliphatic rings. The van der Waals surface area contributed by atoms with Crippen molar-refractivity contribution < 1.29 is 9.90 Å². The SMILES string of the molecule is Nc1ncc(C(=O)O)c2ccncc12. The maximum Gasteiger partial charge on any atom is 0.337 e. The van der Waals surface area contributed by atoms with Crippen LogP contribution in [0.4, 0.5) is 5.82 Å². The highest BCUT2D eigenvalue weighted by Crippen LogP contribution is 2.20. The van der Waals surface area contributed by atoms with E-state index in [1.54, 1.807) is 6.07 Å². The van der Waals surface area contributed by atoms with Gasteiger partial charge in [0.15, 0.2) is 0 Å². The fourth-order valence-corrected chi connectivity index (χ4v) is 1.28. The molecule has 3 N–H and O–H groups in total. The largest absolute Gasteiger partial charge is 0.478 e. The molecular formula is C9H7N3O2. The van der Waals surface area contributed by atoms with Crippen LogP contribution in [0.3, 0.4) is 0 Å². The zero-order chi connectivity index (χ0) is 10.1. The van der Waals surface area contributed by atoms with Crippen molar-refractivity contribution in [3.05, 3.63) is 30.2 Å². The lowest BCUT2D eigenvalue weighted by molar-refractivity contribution is 0.0698. The summed E-state index contributed by atoms with van der Waals surface area (Å²) >= 11 is 0. The van der Waals surface area contributed by atoms with E-state index in [9.17, 15) is 4.79 Å². The number of carboxylic acid groups (broad SMARTS) is 1. The van der Waals surface area contributed by atoms with Gasteiger partial charge in [-0.1, -0.05) is 0 Å². The summed E-state index contributed by atoms with van der Waals surface area (Å²) in [5.41, 5.74) is 5.72. The molecule has 0 atom stereocenters. The Kier molecular flexibility index (Phi) is 1.78. The Hall–Kier alpha value is -2.17. The van der Waals surface area contributed by atoms with Crippen LogP contribution in [0.25, 0.3) is 10.8 Å². The summed E-state index contributed by atoms with van der Waals surface area (Å²) in [5.74, 6) is -0.730. The normalized spacial score (nSPS) is 10.3. The molecule has 0 amide bonds. The van der Waals surface area contributed by atoms with Crippen LogP contribution in [0, 0.1) is 0 Å². The lowest BCUT2D eigenvalue weighted by Gasteiger charge is -2.02. The second-order valence-electron chi connectivity index (χ2n) is 2.78. The van der Waals surface area contributed by atoms with Gasteiger partial charge in [-0.3, -0.25) is 4.98 Å². The third-order valence-electron chi connectivity index (χ3n) is 1.95. The van der Waals surface area contributed by atoms with Crippen molar-refractivity contribution in [2.45, 2.75) is 0 Å². The van der Waals surface area contributed by atoms with Gasteiger partial charge in [0.1, 0.15) is 5.82 Å². The number of hydrogen-bond acceptors (Lipinski definition) is 4. The molecule has 2 heterocycles. The molecule has 5 heteroatoms. The summed E-state index contributed by atoms with van der Waals surface area (Å²) in [6.07, 6.45) is 4.28. The standard InChI is InChI=1S/C9H7N3O2/c10-8-6-3-11-2-1-5(6)7(4-12-8)9(13)14/h1-4H,(H2,10,12)(H,13,14). The number of rotatable bonds is 1. The lowest BCUT2D eigenvalue weighted by atomic mass is 10.1. The first-order valence-corrected chi connectivity index (χ1v) is 3.91. The number of carbonyl (C=O) groups is 1. The van der Waals surface area contributed by atoms with Crippen LogP contribution in [0.1, 0.15) is 10.4 Å². The van der Waals surface area contributed by atoms with Crippen LogP contribution in [0.5, 0.6) is 0 Å². The first kappa shape index (κ1) is 8.43. The van der Waals surface area contributed by atoms with E-state index in [-0.39, 0.29) is 11.4 Å². The first-order chi connectivity index (χ1) is 6.70. The Labute approximate surface area is 79.2 Å². The van der Waals surface area contributed by atoms with Crippen molar-refractivity contribution in [2.24, 2.45) is 0 Å². The van der Waals surface area contributed by atoms with Crippen LogP contribution >= 0.6 is 0 Å². The Morgan fingerprint density at radius 3 is 2.86 bits per heavy atom. The number of nitrogens with two attached hydrogens (primary N) is 1. The summed E-state index contributed by atoms with van der Waals surface area (Å²) in [7, 11) is 0. The highest BCUT2D eigenvalue weighted by Gasteiger charge is 2.10. The third-order valence-corrected chi connectivity index (χ3v) is 1.95. The quantitative estimate of drug-likeness (QED) is 0.695. The first-order valence-electron chi connectivity index (χ1n) is 3.91. The van der Waals surface area contributed by atoms with Gasteiger partial charge in [-0.2, -0.15) is 0 Å². The van der Waals surface area contributed by atoms with Crippen LogP contribution in [0.2, 0.25) is 0 Å². The van der Waals surface area contributed by atoms with Gasteiger partial charge in [0.2, 0.25) is 0 Å². The number of carboxylic acids is 1. The molecule has 0 spiro atoms. The number of aromatic nitrogens is 2. The molecule has 70 valence electrons. The van der Waals surface area contributed by atoms with Gasteiger partial charge in [-0.05, 0) is 6.07 Å². The molecular weight excluding hydrogens is 182 g/mol. The average molecular weight is 189 g/mol. The van der Waals surface area contributed by atoms with Gasteiger partial charge in [-0.25, -0.2) is 9.78 Å². The molecule has 0 saturated carbocycles. The molecule has 0 aliphatic carbocycles. The minimum Gasteiger partial charge on any atom is -0.478 e. The Morgan fingerprint density at radius 2 is 2.14 bits per heavy atom. The molecule has 0 radical (unpaired) electrons. The van der Waals surface area contributed by atoms with Crippen molar-refractivity contribution in [3.63, 3.8) is 0 Å². The fourth-order valence-electron chi connectivity index (χ4n) is 1.28. The predicted molar refractivity (Wildman–Crippen MR) is 50.9 cm³/mol. The molecule has 0 unspecified atom stereocenters. The molecule has 2 aromatic rings. The minimum atomic E-state index is -1.02. The van der Waals surface area contributed by atoms with Gasteiger partial charge in [0, 0.05) is 29.4 Å².